The van der Waals surface area contributed by atoms with Gasteiger partial charge in [-0.1, -0.05) is 32.0 Å². The molecule has 0 saturated carbocycles. The van der Waals surface area contributed by atoms with E-state index < -0.39 is 10.0 Å². The molecule has 0 spiro atoms. The topological polar surface area (TPSA) is 78.0 Å². The van der Waals surface area contributed by atoms with Crippen LogP contribution < -0.4 is 0 Å². The van der Waals surface area contributed by atoms with E-state index in [1.165, 1.54) is 27.8 Å². The number of nitrogens with zero attached hydrogens (tertiary/aromatic N) is 3. The second-order valence-corrected chi connectivity index (χ2v) is 11.8. The summed E-state index contributed by atoms with van der Waals surface area (Å²) in [6, 6.07) is 9.51. The third-order valence-electron chi connectivity index (χ3n) is 6.15. The van der Waals surface area contributed by atoms with Gasteiger partial charge >= 0.3 is 0 Å². The number of amides is 2. The summed E-state index contributed by atoms with van der Waals surface area (Å²) in [6.45, 7) is 5.04. The Labute approximate surface area is 211 Å². The highest BCUT2D eigenvalue weighted by molar-refractivity contribution is 7.89. The number of halogens is 1. The summed E-state index contributed by atoms with van der Waals surface area (Å²) in [5.41, 5.74) is 0.773. The lowest BCUT2D eigenvalue weighted by atomic mass is 10.0. The van der Waals surface area contributed by atoms with Gasteiger partial charge in [-0.3, -0.25) is 9.59 Å². The van der Waals surface area contributed by atoms with Crippen LogP contribution in [0.1, 0.15) is 54.8 Å². The third-order valence-corrected chi connectivity index (χ3v) is 9.03. The molecule has 10 heteroatoms. The number of sulfonamides is 1. The van der Waals surface area contributed by atoms with Gasteiger partial charge in [0.05, 0.1) is 17.2 Å². The summed E-state index contributed by atoms with van der Waals surface area (Å²) < 4.78 is 40.2. The van der Waals surface area contributed by atoms with Crippen molar-refractivity contribution in [1.82, 2.24) is 14.1 Å². The summed E-state index contributed by atoms with van der Waals surface area (Å²) >= 11 is 1.41. The van der Waals surface area contributed by atoms with Gasteiger partial charge < -0.3 is 9.80 Å². The molecule has 0 radical (unpaired) electrons. The second kappa shape index (κ2) is 12.6. The zero-order valence-electron chi connectivity index (χ0n) is 20.4. The molecule has 1 aromatic carbocycles. The molecule has 35 heavy (non-hydrogen) atoms. The summed E-state index contributed by atoms with van der Waals surface area (Å²) in [4.78, 5) is 30.5. The molecule has 0 aliphatic carbocycles. The van der Waals surface area contributed by atoms with E-state index in [4.69, 9.17) is 0 Å². The van der Waals surface area contributed by atoms with Crippen molar-refractivity contribution < 1.29 is 22.4 Å². The zero-order chi connectivity index (χ0) is 25.4. The largest absolute Gasteiger partial charge is 0.338 e. The number of benzene rings is 1. The van der Waals surface area contributed by atoms with Crippen LogP contribution in [0.4, 0.5) is 4.39 Å². The number of carbonyl (C=O) groups is 2. The quantitative estimate of drug-likeness (QED) is 0.447. The van der Waals surface area contributed by atoms with E-state index in [0.717, 1.165) is 5.56 Å². The molecule has 192 valence electrons. The molecule has 1 fully saturated rings. The molecule has 2 amide bonds. The Morgan fingerprint density at radius 1 is 1.09 bits per heavy atom. The molecule has 2 aromatic rings. The van der Waals surface area contributed by atoms with Crippen molar-refractivity contribution in [2.24, 2.45) is 0 Å². The normalized spacial score (nSPS) is 14.9. The molecule has 0 atom stereocenters. The summed E-state index contributed by atoms with van der Waals surface area (Å²) in [5.74, 6) is -0.631. The highest BCUT2D eigenvalue weighted by Gasteiger charge is 2.32. The number of rotatable bonds is 11. The number of carbonyl (C=O) groups excluding carboxylic acids is 2. The Morgan fingerprint density at radius 2 is 1.77 bits per heavy atom. The Balaban J connectivity index is 1.76. The van der Waals surface area contributed by atoms with Gasteiger partial charge in [0.15, 0.2) is 0 Å². The lowest BCUT2D eigenvalue weighted by molar-refractivity contribution is -0.135. The lowest BCUT2D eigenvalue weighted by Crippen LogP contribution is -2.51. The Kier molecular flexibility index (Phi) is 9.82. The molecule has 1 aliphatic heterocycles. The average molecular weight is 524 g/mol. The second-order valence-electron chi connectivity index (χ2n) is 8.80. The van der Waals surface area contributed by atoms with E-state index in [9.17, 15) is 22.4 Å². The van der Waals surface area contributed by atoms with Gasteiger partial charge in [-0.2, -0.15) is 4.31 Å². The first-order valence-corrected chi connectivity index (χ1v) is 14.6. The lowest BCUT2D eigenvalue weighted by Gasteiger charge is -2.39. The first-order valence-electron chi connectivity index (χ1n) is 12.1. The Morgan fingerprint density at radius 3 is 2.34 bits per heavy atom. The van der Waals surface area contributed by atoms with Crippen molar-refractivity contribution in [2.75, 3.05) is 31.9 Å². The van der Waals surface area contributed by atoms with Crippen LogP contribution >= 0.6 is 11.3 Å². The minimum atomic E-state index is -3.53. The van der Waals surface area contributed by atoms with Gasteiger partial charge in [-0.05, 0) is 54.8 Å². The molecular weight excluding hydrogens is 489 g/mol. The number of thiophene rings is 1. The zero-order valence-corrected chi connectivity index (χ0v) is 22.0. The van der Waals surface area contributed by atoms with Gasteiger partial charge in [0.2, 0.25) is 15.9 Å². The molecule has 2 heterocycles. The maximum absolute atomic E-state index is 13.5. The van der Waals surface area contributed by atoms with Crippen LogP contribution in [0.2, 0.25) is 0 Å². The van der Waals surface area contributed by atoms with Crippen molar-refractivity contribution >= 4 is 33.2 Å². The van der Waals surface area contributed by atoms with Gasteiger partial charge in [-0.15, -0.1) is 11.3 Å². The molecular formula is C25H34FN3O4S2. The average Bonchev–Trinajstić information content (AvgIpc) is 3.38. The molecule has 1 aromatic heterocycles. The standard InChI is InChI=1S/C25H34FN3O4S2/c1-3-13-28(35(32,33)17-4-2)19-24(30)29(18-20-7-9-21(26)10-8-20)22-11-14-27(15-12-22)25(31)23-6-5-16-34-23/h5-10,16,22H,3-4,11-15,17-19H2,1-2H3. The highest BCUT2D eigenvalue weighted by Crippen LogP contribution is 2.23. The van der Waals surface area contributed by atoms with Crippen LogP contribution in [0.15, 0.2) is 41.8 Å². The van der Waals surface area contributed by atoms with Gasteiger partial charge in [0, 0.05) is 32.2 Å². The fourth-order valence-electron chi connectivity index (χ4n) is 4.34. The van der Waals surface area contributed by atoms with Gasteiger partial charge in [0.1, 0.15) is 5.82 Å². The first kappa shape index (κ1) is 27.3. The molecule has 7 nitrogen and oxygen atoms in total. The van der Waals surface area contributed by atoms with Crippen molar-refractivity contribution in [3.8, 4) is 0 Å². The van der Waals surface area contributed by atoms with Crippen molar-refractivity contribution in [3.63, 3.8) is 0 Å². The third kappa shape index (κ3) is 7.35. The number of hydrogen-bond donors (Lipinski definition) is 0. The van der Waals surface area contributed by atoms with E-state index in [0.29, 0.717) is 43.6 Å². The van der Waals surface area contributed by atoms with Crippen LogP contribution in [0.3, 0.4) is 0 Å². The molecule has 3 rings (SSSR count). The maximum atomic E-state index is 13.5. The first-order chi connectivity index (χ1) is 16.7. The summed E-state index contributed by atoms with van der Waals surface area (Å²) in [6.07, 6.45) is 2.28. The molecule has 0 bridgehead atoms. The van der Waals surface area contributed by atoms with E-state index in [-0.39, 0.29) is 49.1 Å². The minimum Gasteiger partial charge on any atom is -0.338 e. The van der Waals surface area contributed by atoms with Crippen molar-refractivity contribution in [2.45, 2.75) is 52.1 Å². The van der Waals surface area contributed by atoms with Crippen LogP contribution in [0, 0.1) is 5.82 Å². The minimum absolute atomic E-state index is 0.00145. The van der Waals surface area contributed by atoms with Crippen LogP contribution in [0.5, 0.6) is 0 Å². The maximum Gasteiger partial charge on any atom is 0.263 e. The van der Waals surface area contributed by atoms with Crippen molar-refractivity contribution in [1.29, 1.82) is 0 Å². The Bertz CT molecular complexity index is 1070. The highest BCUT2D eigenvalue weighted by atomic mass is 32.2. The fourth-order valence-corrected chi connectivity index (χ4v) is 6.57. The number of piperidine rings is 1. The van der Waals surface area contributed by atoms with E-state index >= 15 is 0 Å². The van der Waals surface area contributed by atoms with Crippen molar-refractivity contribution in [3.05, 3.63) is 58.0 Å². The summed E-state index contributed by atoms with van der Waals surface area (Å²) in [5, 5.41) is 1.87. The van der Waals surface area contributed by atoms with Gasteiger partial charge in [0.25, 0.3) is 5.91 Å². The number of likely N-dealkylation sites (tertiary alicyclic amines) is 1. The number of hydrogen-bond acceptors (Lipinski definition) is 5. The molecule has 1 aliphatic rings. The Hall–Kier alpha value is -2.30. The smallest absolute Gasteiger partial charge is 0.263 e. The predicted molar refractivity (Wildman–Crippen MR) is 136 cm³/mol. The molecule has 0 N–H and O–H groups in total. The van der Waals surface area contributed by atoms with E-state index in [1.54, 1.807) is 28.9 Å². The molecule has 0 unspecified atom stereocenters. The fraction of sp³-hybridized carbons (Fsp3) is 0.520. The van der Waals surface area contributed by atoms with Crippen LogP contribution in [-0.4, -0.2) is 72.3 Å². The SMILES string of the molecule is CCCN(CC(=O)N(Cc1ccc(F)cc1)C1CCN(C(=O)c2cccs2)CC1)S(=O)(=O)CCC. The molecule has 1 saturated heterocycles. The monoisotopic (exact) mass is 523 g/mol. The van der Waals surface area contributed by atoms with Crippen LogP contribution in [0.25, 0.3) is 0 Å². The summed E-state index contributed by atoms with van der Waals surface area (Å²) in [7, 11) is -3.53. The predicted octanol–water partition coefficient (Wildman–Crippen LogP) is 3.97. The van der Waals surface area contributed by atoms with Gasteiger partial charge in [-0.25, -0.2) is 12.8 Å². The van der Waals surface area contributed by atoms with Crippen LogP contribution in [-0.2, 0) is 21.4 Å². The van der Waals surface area contributed by atoms with E-state index in [1.807, 2.05) is 24.4 Å². The van der Waals surface area contributed by atoms with E-state index in [2.05, 4.69) is 0 Å².